The van der Waals surface area contributed by atoms with E-state index in [1.807, 2.05) is 44.2 Å². The number of anilines is 1. The maximum atomic E-state index is 12.9. The Balaban J connectivity index is 1.70. The molecule has 2 amide bonds. The van der Waals surface area contributed by atoms with Crippen molar-refractivity contribution in [2.24, 2.45) is 0 Å². The van der Waals surface area contributed by atoms with E-state index in [2.05, 4.69) is 5.32 Å². The van der Waals surface area contributed by atoms with E-state index in [0.29, 0.717) is 18.2 Å². The van der Waals surface area contributed by atoms with E-state index in [-0.39, 0.29) is 24.5 Å². The summed E-state index contributed by atoms with van der Waals surface area (Å²) in [5, 5.41) is 3.53. The highest BCUT2D eigenvalue weighted by Crippen LogP contribution is 2.19. The summed E-state index contributed by atoms with van der Waals surface area (Å²) in [6.45, 7) is 5.01. The molecule has 0 saturated carbocycles. The van der Waals surface area contributed by atoms with Gasteiger partial charge in [-0.25, -0.2) is 0 Å². The molecular weight excluding hydrogens is 400 g/mol. The molecule has 1 unspecified atom stereocenters. The summed E-state index contributed by atoms with van der Waals surface area (Å²) in [6, 6.07) is 13.0. The zero-order valence-corrected chi connectivity index (χ0v) is 18.1. The molecule has 1 fully saturated rings. The van der Waals surface area contributed by atoms with E-state index >= 15 is 0 Å². The number of benzene rings is 2. The summed E-state index contributed by atoms with van der Waals surface area (Å²) in [6.07, 6.45) is 5.01. The molecule has 0 aromatic heterocycles. The minimum Gasteiger partial charge on any atom is -0.376 e. The number of hydrogen-bond donors (Lipinski definition) is 1. The monoisotopic (exact) mass is 426 g/mol. The van der Waals surface area contributed by atoms with Crippen molar-refractivity contribution in [1.29, 1.82) is 0 Å². The van der Waals surface area contributed by atoms with E-state index < -0.39 is 0 Å². The van der Waals surface area contributed by atoms with Crippen LogP contribution in [0.2, 0.25) is 5.02 Å². The lowest BCUT2D eigenvalue weighted by Gasteiger charge is -2.24. The predicted molar refractivity (Wildman–Crippen MR) is 121 cm³/mol. The van der Waals surface area contributed by atoms with Crippen molar-refractivity contribution in [2.75, 3.05) is 25.0 Å². The van der Waals surface area contributed by atoms with Gasteiger partial charge in [0.1, 0.15) is 6.54 Å². The second-order valence-corrected chi connectivity index (χ2v) is 7.97. The summed E-state index contributed by atoms with van der Waals surface area (Å²) < 4.78 is 5.68. The smallest absolute Gasteiger partial charge is 0.247 e. The first-order valence-electron chi connectivity index (χ1n) is 10.1. The van der Waals surface area contributed by atoms with Gasteiger partial charge in [-0.3, -0.25) is 9.59 Å². The molecule has 1 aliphatic heterocycles. The van der Waals surface area contributed by atoms with Gasteiger partial charge in [0.25, 0.3) is 0 Å². The van der Waals surface area contributed by atoms with E-state index in [1.165, 1.54) is 11.0 Å². The minimum atomic E-state index is -0.235. The molecule has 5 nitrogen and oxygen atoms in total. The van der Waals surface area contributed by atoms with Crippen LogP contribution in [0.1, 0.15) is 29.5 Å². The fourth-order valence-corrected chi connectivity index (χ4v) is 3.60. The fraction of sp³-hybridized carbons (Fsp3) is 0.333. The Morgan fingerprint density at radius 3 is 2.77 bits per heavy atom. The van der Waals surface area contributed by atoms with Crippen LogP contribution in [0.5, 0.6) is 0 Å². The second-order valence-electron chi connectivity index (χ2n) is 7.54. The Hall–Kier alpha value is -2.63. The highest BCUT2D eigenvalue weighted by molar-refractivity contribution is 6.30. The number of aryl methyl sites for hydroxylation is 1. The van der Waals surface area contributed by atoms with Crippen LogP contribution in [-0.4, -0.2) is 42.5 Å². The van der Waals surface area contributed by atoms with E-state index in [0.717, 1.165) is 35.2 Å². The summed E-state index contributed by atoms with van der Waals surface area (Å²) in [4.78, 5) is 27.1. The maximum absolute atomic E-state index is 12.9. The van der Waals surface area contributed by atoms with Crippen LogP contribution in [0.4, 0.5) is 5.69 Å². The quantitative estimate of drug-likeness (QED) is 0.657. The lowest BCUT2D eigenvalue weighted by molar-refractivity contribution is -0.131. The normalized spacial score (nSPS) is 16.0. The molecule has 6 heteroatoms. The number of ether oxygens (including phenoxy) is 1. The number of rotatable bonds is 7. The standard InChI is InChI=1S/C24H27ClN2O3/c1-17-6-3-10-22(18(17)2)26-23(28)16-27(15-21-9-5-13-30-21)24(29)12-11-19-7-4-8-20(25)14-19/h3-4,6-8,10-12,14,21H,5,9,13,15-16H2,1-2H3,(H,26,28)/b12-11+. The van der Waals surface area contributed by atoms with Gasteiger partial charge in [-0.15, -0.1) is 0 Å². The lowest BCUT2D eigenvalue weighted by atomic mass is 10.1. The van der Waals surface area contributed by atoms with E-state index in [9.17, 15) is 9.59 Å². The van der Waals surface area contributed by atoms with Gasteiger partial charge in [0.15, 0.2) is 0 Å². The Morgan fingerprint density at radius 1 is 1.23 bits per heavy atom. The fourth-order valence-electron chi connectivity index (χ4n) is 3.40. The number of nitrogens with zero attached hydrogens (tertiary/aromatic N) is 1. The number of amides is 2. The number of nitrogens with one attached hydrogen (secondary N) is 1. The molecule has 1 saturated heterocycles. The molecule has 0 bridgehead atoms. The van der Waals surface area contributed by atoms with Crippen molar-refractivity contribution in [3.05, 3.63) is 70.3 Å². The van der Waals surface area contributed by atoms with Crippen molar-refractivity contribution in [2.45, 2.75) is 32.8 Å². The van der Waals surface area contributed by atoms with Gasteiger partial charge >= 0.3 is 0 Å². The summed E-state index contributed by atoms with van der Waals surface area (Å²) >= 11 is 6.01. The molecular formula is C24H27ClN2O3. The largest absolute Gasteiger partial charge is 0.376 e. The predicted octanol–water partition coefficient (Wildman–Crippen LogP) is 4.62. The Morgan fingerprint density at radius 2 is 2.03 bits per heavy atom. The van der Waals surface area contributed by atoms with Crippen molar-refractivity contribution < 1.29 is 14.3 Å². The van der Waals surface area contributed by atoms with Crippen molar-refractivity contribution in [3.63, 3.8) is 0 Å². The summed E-state index contributed by atoms with van der Waals surface area (Å²) in [5.74, 6) is -0.465. The van der Waals surface area contributed by atoms with Crippen LogP contribution in [-0.2, 0) is 14.3 Å². The minimum absolute atomic E-state index is 0.0358. The topological polar surface area (TPSA) is 58.6 Å². The number of hydrogen-bond acceptors (Lipinski definition) is 3. The zero-order chi connectivity index (χ0) is 21.5. The molecule has 1 N–H and O–H groups in total. The highest BCUT2D eigenvalue weighted by atomic mass is 35.5. The number of carbonyl (C=O) groups excluding carboxylic acids is 2. The first-order valence-corrected chi connectivity index (χ1v) is 10.5. The van der Waals surface area contributed by atoms with Gasteiger partial charge in [-0.2, -0.15) is 0 Å². The average molecular weight is 427 g/mol. The molecule has 0 aliphatic carbocycles. The third-order valence-electron chi connectivity index (χ3n) is 5.24. The molecule has 30 heavy (non-hydrogen) atoms. The van der Waals surface area contributed by atoms with Crippen molar-refractivity contribution in [3.8, 4) is 0 Å². The Labute approximate surface area is 182 Å². The van der Waals surface area contributed by atoms with Crippen molar-refractivity contribution in [1.82, 2.24) is 4.90 Å². The lowest BCUT2D eigenvalue weighted by Crippen LogP contribution is -2.41. The second kappa shape index (κ2) is 10.4. The molecule has 1 aliphatic rings. The van der Waals surface area contributed by atoms with Crippen LogP contribution in [0, 0.1) is 13.8 Å². The summed E-state index contributed by atoms with van der Waals surface area (Å²) in [7, 11) is 0. The van der Waals surface area contributed by atoms with Gasteiger partial charge < -0.3 is 15.0 Å². The van der Waals surface area contributed by atoms with Gasteiger partial charge in [0, 0.05) is 29.9 Å². The van der Waals surface area contributed by atoms with Crippen LogP contribution in [0.15, 0.2) is 48.5 Å². The number of halogens is 1. The molecule has 2 aromatic carbocycles. The van der Waals surface area contributed by atoms with Gasteiger partial charge in [-0.1, -0.05) is 35.9 Å². The van der Waals surface area contributed by atoms with Gasteiger partial charge in [-0.05, 0) is 67.7 Å². The maximum Gasteiger partial charge on any atom is 0.247 e. The third-order valence-corrected chi connectivity index (χ3v) is 5.48. The SMILES string of the molecule is Cc1cccc(NC(=O)CN(CC2CCCO2)C(=O)/C=C/c2cccc(Cl)c2)c1C. The highest BCUT2D eigenvalue weighted by Gasteiger charge is 2.23. The van der Waals surface area contributed by atoms with Crippen LogP contribution in [0.25, 0.3) is 6.08 Å². The molecule has 2 aromatic rings. The molecule has 1 heterocycles. The molecule has 0 spiro atoms. The zero-order valence-electron chi connectivity index (χ0n) is 17.4. The van der Waals surface area contributed by atoms with E-state index in [1.54, 1.807) is 18.2 Å². The third kappa shape index (κ3) is 6.18. The molecule has 0 radical (unpaired) electrons. The Bertz CT molecular complexity index is 936. The molecule has 158 valence electrons. The molecule has 3 rings (SSSR count). The first-order chi connectivity index (χ1) is 14.4. The van der Waals surface area contributed by atoms with Crippen LogP contribution >= 0.6 is 11.6 Å². The first kappa shape index (κ1) is 22.1. The Kier molecular flexibility index (Phi) is 7.66. The van der Waals surface area contributed by atoms with Gasteiger partial charge in [0.05, 0.1) is 6.10 Å². The van der Waals surface area contributed by atoms with Gasteiger partial charge in [0.2, 0.25) is 11.8 Å². The van der Waals surface area contributed by atoms with Crippen LogP contribution < -0.4 is 5.32 Å². The average Bonchev–Trinajstić information content (AvgIpc) is 3.22. The number of carbonyl (C=O) groups is 2. The van der Waals surface area contributed by atoms with Crippen molar-refractivity contribution >= 4 is 35.2 Å². The molecule has 1 atom stereocenters. The summed E-state index contributed by atoms with van der Waals surface area (Å²) in [5.41, 5.74) is 3.71. The van der Waals surface area contributed by atoms with Crippen LogP contribution in [0.3, 0.4) is 0 Å². The van der Waals surface area contributed by atoms with E-state index in [4.69, 9.17) is 16.3 Å².